The quantitative estimate of drug-likeness (QED) is 0.397. The minimum absolute atomic E-state index is 0. The highest BCUT2D eigenvalue weighted by atomic mass is 35.5. The van der Waals surface area contributed by atoms with Gasteiger partial charge in [0.05, 0.1) is 13.2 Å². The molecule has 0 atom stereocenters. The van der Waals surface area contributed by atoms with Crippen LogP contribution in [0.5, 0.6) is 0 Å². The van der Waals surface area contributed by atoms with Gasteiger partial charge >= 0.3 is 0 Å². The molecule has 0 unspecified atom stereocenters. The summed E-state index contributed by atoms with van der Waals surface area (Å²) in [5.74, 6) is 0. The SMILES string of the molecule is CCCCOOCCCC.Cl.Cl.Cl.Cl. The lowest BCUT2D eigenvalue weighted by Gasteiger charge is -2.00. The van der Waals surface area contributed by atoms with Crippen LogP contribution in [0.25, 0.3) is 0 Å². The summed E-state index contributed by atoms with van der Waals surface area (Å²) in [6, 6.07) is 0. The van der Waals surface area contributed by atoms with Gasteiger partial charge in [-0.1, -0.05) is 26.7 Å². The molecule has 6 heteroatoms. The molecular formula is C8H22Cl4O2. The van der Waals surface area contributed by atoms with Crippen molar-refractivity contribution in [2.45, 2.75) is 39.5 Å². The van der Waals surface area contributed by atoms with E-state index in [4.69, 9.17) is 9.78 Å². The summed E-state index contributed by atoms with van der Waals surface area (Å²) in [6.07, 6.45) is 4.51. The summed E-state index contributed by atoms with van der Waals surface area (Å²) >= 11 is 0. The van der Waals surface area contributed by atoms with E-state index >= 15 is 0 Å². The van der Waals surface area contributed by atoms with Crippen molar-refractivity contribution in [1.82, 2.24) is 0 Å². The Morgan fingerprint density at radius 2 is 0.929 bits per heavy atom. The summed E-state index contributed by atoms with van der Waals surface area (Å²) in [5, 5.41) is 0. The Labute approximate surface area is 112 Å². The standard InChI is InChI=1S/C8H18O2.4ClH/c1-3-5-7-9-10-8-6-4-2;;;;/h3-8H2,1-2H3;4*1H. The van der Waals surface area contributed by atoms with Crippen LogP contribution >= 0.6 is 49.6 Å². The van der Waals surface area contributed by atoms with Crippen LogP contribution in [0.1, 0.15) is 39.5 Å². The fourth-order valence-electron chi connectivity index (χ4n) is 0.524. The topological polar surface area (TPSA) is 18.5 Å². The Balaban J connectivity index is -0.0000000675. The second-order valence-corrected chi connectivity index (χ2v) is 2.35. The van der Waals surface area contributed by atoms with Gasteiger partial charge in [-0.3, -0.25) is 0 Å². The third-order valence-corrected chi connectivity index (χ3v) is 1.25. The van der Waals surface area contributed by atoms with Gasteiger partial charge in [0.25, 0.3) is 0 Å². The predicted octanol–water partition coefficient (Wildman–Crippen LogP) is 4.22. The van der Waals surface area contributed by atoms with Gasteiger partial charge in [-0.25, -0.2) is 9.78 Å². The van der Waals surface area contributed by atoms with Gasteiger partial charge < -0.3 is 0 Å². The van der Waals surface area contributed by atoms with E-state index in [0.29, 0.717) is 0 Å². The predicted molar refractivity (Wildman–Crippen MR) is 70.7 cm³/mol. The van der Waals surface area contributed by atoms with E-state index in [9.17, 15) is 0 Å². The van der Waals surface area contributed by atoms with Crippen LogP contribution in [0.4, 0.5) is 0 Å². The normalized spacial score (nSPS) is 7.29. The maximum atomic E-state index is 4.88. The third-order valence-electron chi connectivity index (χ3n) is 1.25. The monoisotopic (exact) mass is 290 g/mol. The molecule has 0 aliphatic rings. The van der Waals surface area contributed by atoms with Crippen molar-refractivity contribution in [1.29, 1.82) is 0 Å². The van der Waals surface area contributed by atoms with Crippen LogP contribution < -0.4 is 0 Å². The molecule has 0 saturated heterocycles. The van der Waals surface area contributed by atoms with E-state index < -0.39 is 0 Å². The molecule has 0 rings (SSSR count). The molecule has 0 aromatic heterocycles. The summed E-state index contributed by atoms with van der Waals surface area (Å²) < 4.78 is 0. The van der Waals surface area contributed by atoms with Crippen LogP contribution in [0.15, 0.2) is 0 Å². The zero-order valence-corrected chi connectivity index (χ0v) is 12.0. The molecule has 0 spiro atoms. The Morgan fingerprint density at radius 3 is 1.14 bits per heavy atom. The summed E-state index contributed by atoms with van der Waals surface area (Å²) in [7, 11) is 0. The van der Waals surface area contributed by atoms with Gasteiger partial charge in [0.1, 0.15) is 0 Å². The van der Waals surface area contributed by atoms with Crippen molar-refractivity contribution in [2.75, 3.05) is 13.2 Å². The summed E-state index contributed by atoms with van der Waals surface area (Å²) in [4.78, 5) is 9.75. The van der Waals surface area contributed by atoms with Crippen LogP contribution in [0, 0.1) is 0 Å². The molecule has 0 heterocycles. The second-order valence-electron chi connectivity index (χ2n) is 2.35. The van der Waals surface area contributed by atoms with Crippen LogP contribution in [0.3, 0.4) is 0 Å². The van der Waals surface area contributed by atoms with E-state index in [-0.39, 0.29) is 49.6 Å². The first-order valence-corrected chi connectivity index (χ1v) is 4.16. The average Bonchev–Trinajstić information content (AvgIpc) is 1.97. The number of halogens is 4. The van der Waals surface area contributed by atoms with Gasteiger partial charge in [0, 0.05) is 0 Å². The molecule has 0 aliphatic heterocycles. The zero-order chi connectivity index (χ0) is 7.66. The molecule has 0 saturated carbocycles. The highest BCUT2D eigenvalue weighted by Gasteiger charge is 1.86. The lowest BCUT2D eigenvalue weighted by molar-refractivity contribution is -0.295. The molecule has 2 nitrogen and oxygen atoms in total. The molecule has 0 bridgehead atoms. The molecule has 0 aliphatic carbocycles. The largest absolute Gasteiger partial charge is 0.237 e. The van der Waals surface area contributed by atoms with Crippen molar-refractivity contribution in [2.24, 2.45) is 0 Å². The van der Waals surface area contributed by atoms with Crippen molar-refractivity contribution in [3.8, 4) is 0 Å². The van der Waals surface area contributed by atoms with E-state index in [2.05, 4.69) is 13.8 Å². The molecule has 0 N–H and O–H groups in total. The van der Waals surface area contributed by atoms with E-state index in [0.717, 1.165) is 38.9 Å². The van der Waals surface area contributed by atoms with E-state index in [1.165, 1.54) is 0 Å². The zero-order valence-electron chi connectivity index (χ0n) is 8.69. The van der Waals surface area contributed by atoms with Gasteiger partial charge in [0.2, 0.25) is 0 Å². The van der Waals surface area contributed by atoms with Crippen LogP contribution in [-0.4, -0.2) is 13.2 Å². The minimum atomic E-state index is 0. The van der Waals surface area contributed by atoms with Crippen LogP contribution in [-0.2, 0) is 9.78 Å². The first kappa shape index (κ1) is 29.4. The van der Waals surface area contributed by atoms with E-state index in [1.54, 1.807) is 0 Å². The first-order valence-electron chi connectivity index (χ1n) is 4.16. The Hall–Kier alpha value is 1.08. The Bertz CT molecular complexity index is 59.3. The van der Waals surface area contributed by atoms with Crippen molar-refractivity contribution in [3.05, 3.63) is 0 Å². The molecular weight excluding hydrogens is 270 g/mol. The fourth-order valence-corrected chi connectivity index (χ4v) is 0.524. The molecule has 0 radical (unpaired) electrons. The highest BCUT2D eigenvalue weighted by Crippen LogP contribution is 1.91. The average molecular weight is 292 g/mol. The molecule has 0 aromatic rings. The molecule has 14 heavy (non-hydrogen) atoms. The van der Waals surface area contributed by atoms with Gasteiger partial charge in [-0.05, 0) is 12.8 Å². The van der Waals surface area contributed by atoms with Gasteiger partial charge in [-0.2, -0.15) is 0 Å². The van der Waals surface area contributed by atoms with Gasteiger partial charge in [-0.15, -0.1) is 49.6 Å². The molecule has 94 valence electrons. The fraction of sp³-hybridized carbons (Fsp3) is 1.00. The maximum Gasteiger partial charge on any atom is 0.0822 e. The minimum Gasteiger partial charge on any atom is -0.237 e. The van der Waals surface area contributed by atoms with E-state index in [1.807, 2.05) is 0 Å². The smallest absolute Gasteiger partial charge is 0.0822 e. The van der Waals surface area contributed by atoms with Gasteiger partial charge in [0.15, 0.2) is 0 Å². The number of rotatable bonds is 7. The van der Waals surface area contributed by atoms with Crippen LogP contribution in [0.2, 0.25) is 0 Å². The lowest BCUT2D eigenvalue weighted by atomic mass is 10.4. The molecule has 0 fully saturated rings. The second kappa shape index (κ2) is 29.2. The van der Waals surface area contributed by atoms with Crippen molar-refractivity contribution >= 4 is 49.6 Å². The summed E-state index contributed by atoms with van der Waals surface area (Å²) in [6.45, 7) is 5.74. The number of hydrogen-bond acceptors (Lipinski definition) is 2. The maximum absolute atomic E-state index is 4.88. The number of unbranched alkanes of at least 4 members (excludes halogenated alkanes) is 2. The lowest BCUT2D eigenvalue weighted by Crippen LogP contribution is -1.97. The Morgan fingerprint density at radius 1 is 0.643 bits per heavy atom. The first-order chi connectivity index (χ1) is 4.91. The molecule has 0 amide bonds. The number of hydrogen-bond donors (Lipinski definition) is 0. The third kappa shape index (κ3) is 29.2. The van der Waals surface area contributed by atoms with Crippen molar-refractivity contribution in [3.63, 3.8) is 0 Å². The van der Waals surface area contributed by atoms with Crippen molar-refractivity contribution < 1.29 is 9.78 Å². The Kier molecular flexibility index (Phi) is 61.4. The highest BCUT2D eigenvalue weighted by molar-refractivity contribution is 5.86. The summed E-state index contributed by atoms with van der Waals surface area (Å²) in [5.41, 5.74) is 0. The molecule has 0 aromatic carbocycles.